The van der Waals surface area contributed by atoms with E-state index in [0.717, 1.165) is 19.4 Å². The normalized spacial score (nSPS) is 19.5. The molecule has 3 rings (SSSR count). The van der Waals surface area contributed by atoms with Crippen LogP contribution in [0.25, 0.3) is 0 Å². The lowest BCUT2D eigenvalue weighted by atomic mass is 9.88. The molecule has 0 radical (unpaired) electrons. The third-order valence-electron chi connectivity index (χ3n) is 4.65. The highest BCUT2D eigenvalue weighted by Crippen LogP contribution is 2.33. The average Bonchev–Trinajstić information content (AvgIpc) is 3.32. The van der Waals surface area contributed by atoms with Crippen LogP contribution in [0.15, 0.2) is 18.2 Å². The second-order valence-corrected chi connectivity index (χ2v) is 6.84. The Morgan fingerprint density at radius 2 is 1.90 bits per heavy atom. The second-order valence-electron chi connectivity index (χ2n) is 6.43. The van der Waals surface area contributed by atoms with E-state index in [4.69, 9.17) is 17.3 Å². The highest BCUT2D eigenvalue weighted by Gasteiger charge is 2.35. The van der Waals surface area contributed by atoms with Crippen molar-refractivity contribution in [2.24, 2.45) is 5.92 Å². The Hall–Kier alpha value is -1.22. The van der Waals surface area contributed by atoms with Gasteiger partial charge in [-0.05, 0) is 49.8 Å². The maximum Gasteiger partial charge on any atom is 0.255 e. The first kappa shape index (κ1) is 14.7. The van der Waals surface area contributed by atoms with Crippen molar-refractivity contribution >= 4 is 23.2 Å². The monoisotopic (exact) mass is 306 g/mol. The van der Waals surface area contributed by atoms with Gasteiger partial charge < -0.3 is 10.6 Å². The molecule has 2 fully saturated rings. The van der Waals surface area contributed by atoms with E-state index in [2.05, 4.69) is 4.90 Å². The van der Waals surface area contributed by atoms with Gasteiger partial charge in [0.25, 0.3) is 5.91 Å². The molecule has 2 saturated carbocycles. The largest absolute Gasteiger partial charge is 0.399 e. The first-order valence-corrected chi connectivity index (χ1v) is 8.39. The number of carbonyl (C=O) groups excluding carboxylic acids is 1. The van der Waals surface area contributed by atoms with Crippen molar-refractivity contribution in [2.45, 2.75) is 51.0 Å². The summed E-state index contributed by atoms with van der Waals surface area (Å²) >= 11 is 6.20. The van der Waals surface area contributed by atoms with E-state index in [-0.39, 0.29) is 5.91 Å². The fraction of sp³-hybridized carbons (Fsp3) is 0.588. The van der Waals surface area contributed by atoms with E-state index in [1.54, 1.807) is 18.2 Å². The fourth-order valence-electron chi connectivity index (χ4n) is 3.29. The van der Waals surface area contributed by atoms with E-state index in [0.29, 0.717) is 28.2 Å². The molecule has 0 aromatic heterocycles. The molecule has 21 heavy (non-hydrogen) atoms. The zero-order chi connectivity index (χ0) is 14.8. The van der Waals surface area contributed by atoms with Crippen molar-refractivity contribution in [3.05, 3.63) is 28.8 Å². The Morgan fingerprint density at radius 1 is 1.19 bits per heavy atom. The van der Waals surface area contributed by atoms with Gasteiger partial charge in [0.2, 0.25) is 0 Å². The number of nitrogens with two attached hydrogens (primary N) is 1. The summed E-state index contributed by atoms with van der Waals surface area (Å²) in [5.41, 5.74) is 6.96. The lowest BCUT2D eigenvalue weighted by molar-refractivity contribution is 0.0699. The Morgan fingerprint density at radius 3 is 2.57 bits per heavy atom. The predicted octanol–water partition coefficient (Wildman–Crippen LogP) is 4.11. The molecule has 0 saturated heterocycles. The number of amides is 1. The Kier molecular flexibility index (Phi) is 4.39. The SMILES string of the molecule is Nc1ccc(Cl)c(C(=O)N(CC2CCCCC2)C2CC2)c1. The lowest BCUT2D eigenvalue weighted by Crippen LogP contribution is -2.38. The molecule has 114 valence electrons. The van der Waals surface area contributed by atoms with Gasteiger partial charge in [0.15, 0.2) is 0 Å². The molecule has 0 unspecified atom stereocenters. The summed E-state index contributed by atoms with van der Waals surface area (Å²) in [6.45, 7) is 0.884. The van der Waals surface area contributed by atoms with Crippen molar-refractivity contribution < 1.29 is 4.79 Å². The third kappa shape index (κ3) is 3.52. The summed E-state index contributed by atoms with van der Waals surface area (Å²) in [5.74, 6) is 0.712. The number of anilines is 1. The minimum absolute atomic E-state index is 0.0559. The number of nitrogens with zero attached hydrogens (tertiary/aromatic N) is 1. The van der Waals surface area contributed by atoms with Crippen LogP contribution in [-0.2, 0) is 0 Å². The van der Waals surface area contributed by atoms with Gasteiger partial charge in [-0.3, -0.25) is 4.79 Å². The highest BCUT2D eigenvalue weighted by molar-refractivity contribution is 6.34. The van der Waals surface area contributed by atoms with Gasteiger partial charge in [0, 0.05) is 18.3 Å². The van der Waals surface area contributed by atoms with Crippen LogP contribution in [0.5, 0.6) is 0 Å². The summed E-state index contributed by atoms with van der Waals surface area (Å²) in [5, 5.41) is 0.503. The quantitative estimate of drug-likeness (QED) is 0.851. The van der Waals surface area contributed by atoms with Crippen LogP contribution in [-0.4, -0.2) is 23.4 Å². The zero-order valence-corrected chi connectivity index (χ0v) is 13.1. The van der Waals surface area contributed by atoms with Gasteiger partial charge in [0.05, 0.1) is 10.6 Å². The van der Waals surface area contributed by atoms with Crippen molar-refractivity contribution in [1.82, 2.24) is 4.90 Å². The van der Waals surface area contributed by atoms with Crippen LogP contribution >= 0.6 is 11.6 Å². The molecule has 2 aliphatic carbocycles. The first-order chi connectivity index (χ1) is 10.1. The maximum atomic E-state index is 12.9. The number of rotatable bonds is 4. The molecule has 1 aromatic carbocycles. The third-order valence-corrected chi connectivity index (χ3v) is 4.98. The molecular formula is C17H23ClN2O. The summed E-state index contributed by atoms with van der Waals surface area (Å²) in [4.78, 5) is 14.9. The predicted molar refractivity (Wildman–Crippen MR) is 86.5 cm³/mol. The van der Waals surface area contributed by atoms with E-state index in [9.17, 15) is 4.79 Å². The standard InChI is InChI=1S/C17H23ClN2O/c18-16-9-6-13(19)10-15(16)17(21)20(14-7-8-14)11-12-4-2-1-3-5-12/h6,9-10,12,14H,1-5,7-8,11,19H2. The molecule has 2 N–H and O–H groups in total. The topological polar surface area (TPSA) is 46.3 Å². The minimum Gasteiger partial charge on any atom is -0.399 e. The average molecular weight is 307 g/mol. The first-order valence-electron chi connectivity index (χ1n) is 8.01. The van der Waals surface area contributed by atoms with Crippen LogP contribution in [0.1, 0.15) is 55.3 Å². The minimum atomic E-state index is 0.0559. The van der Waals surface area contributed by atoms with Crippen LogP contribution in [0.4, 0.5) is 5.69 Å². The van der Waals surface area contributed by atoms with Crippen LogP contribution < -0.4 is 5.73 Å². The summed E-state index contributed by atoms with van der Waals surface area (Å²) in [7, 11) is 0. The molecule has 0 spiro atoms. The molecule has 2 aliphatic rings. The Bertz CT molecular complexity index is 522. The summed E-state index contributed by atoms with van der Waals surface area (Å²) < 4.78 is 0. The van der Waals surface area contributed by atoms with E-state index in [1.807, 2.05) is 0 Å². The van der Waals surface area contributed by atoms with Gasteiger partial charge in [-0.15, -0.1) is 0 Å². The number of hydrogen-bond donors (Lipinski definition) is 1. The summed E-state index contributed by atoms with van der Waals surface area (Å²) in [6, 6.07) is 5.58. The van der Waals surface area contributed by atoms with Gasteiger partial charge >= 0.3 is 0 Å². The van der Waals surface area contributed by atoms with Crippen molar-refractivity contribution in [3.8, 4) is 0 Å². The van der Waals surface area contributed by atoms with Crippen LogP contribution in [0.2, 0.25) is 5.02 Å². The Labute approximate surface area is 131 Å². The number of hydrogen-bond acceptors (Lipinski definition) is 2. The lowest BCUT2D eigenvalue weighted by Gasteiger charge is -2.30. The second kappa shape index (κ2) is 6.27. The molecule has 0 heterocycles. The van der Waals surface area contributed by atoms with Crippen molar-refractivity contribution in [3.63, 3.8) is 0 Å². The van der Waals surface area contributed by atoms with Crippen LogP contribution in [0.3, 0.4) is 0 Å². The summed E-state index contributed by atoms with van der Waals surface area (Å²) in [6.07, 6.45) is 8.70. The van der Waals surface area contributed by atoms with Crippen molar-refractivity contribution in [2.75, 3.05) is 12.3 Å². The molecular weight excluding hydrogens is 284 g/mol. The van der Waals surface area contributed by atoms with E-state index < -0.39 is 0 Å². The van der Waals surface area contributed by atoms with Gasteiger partial charge in [-0.25, -0.2) is 0 Å². The number of halogens is 1. The van der Waals surface area contributed by atoms with Gasteiger partial charge in [0.1, 0.15) is 0 Å². The molecule has 3 nitrogen and oxygen atoms in total. The highest BCUT2D eigenvalue weighted by atomic mass is 35.5. The molecule has 0 aliphatic heterocycles. The maximum absolute atomic E-state index is 12.9. The number of benzene rings is 1. The molecule has 0 atom stereocenters. The molecule has 1 aromatic rings. The molecule has 1 amide bonds. The number of nitrogen functional groups attached to an aromatic ring is 1. The zero-order valence-electron chi connectivity index (χ0n) is 12.4. The van der Waals surface area contributed by atoms with E-state index >= 15 is 0 Å². The Balaban J connectivity index is 1.76. The van der Waals surface area contributed by atoms with Crippen molar-refractivity contribution in [1.29, 1.82) is 0 Å². The molecule has 0 bridgehead atoms. The van der Waals surface area contributed by atoms with Gasteiger partial charge in [-0.2, -0.15) is 0 Å². The molecule has 4 heteroatoms. The fourth-order valence-corrected chi connectivity index (χ4v) is 3.49. The van der Waals surface area contributed by atoms with Gasteiger partial charge in [-0.1, -0.05) is 30.9 Å². The van der Waals surface area contributed by atoms with Crippen LogP contribution in [0, 0.1) is 5.92 Å². The van der Waals surface area contributed by atoms with E-state index in [1.165, 1.54) is 32.1 Å². The smallest absolute Gasteiger partial charge is 0.255 e. The number of carbonyl (C=O) groups is 1.